The molecule has 0 saturated carbocycles. The van der Waals surface area contributed by atoms with Gasteiger partial charge < -0.3 is 16.8 Å². The zero-order chi connectivity index (χ0) is 33.1. The highest BCUT2D eigenvalue weighted by Crippen LogP contribution is 2.36. The number of rotatable bonds is 3. The first-order chi connectivity index (χ1) is 20.5. The van der Waals surface area contributed by atoms with Gasteiger partial charge in [0.25, 0.3) is 0 Å². The number of anilines is 3. The van der Waals surface area contributed by atoms with Crippen LogP contribution in [0.4, 0.5) is 49.1 Å². The molecular formula is C32H32F6N6. The summed E-state index contributed by atoms with van der Waals surface area (Å²) in [6.07, 6.45) is -6.93. The Kier molecular flexibility index (Phi) is 12.2. The van der Waals surface area contributed by atoms with Crippen molar-refractivity contribution in [3.05, 3.63) is 118 Å². The lowest BCUT2D eigenvalue weighted by atomic mass is 10.1. The van der Waals surface area contributed by atoms with Gasteiger partial charge in [-0.25, -0.2) is 4.99 Å². The van der Waals surface area contributed by atoms with Gasteiger partial charge in [-0.05, 0) is 98.5 Å². The number of nitrogens with one attached hydrogen (secondary N) is 2. The minimum absolute atomic E-state index is 0.0956. The molecule has 232 valence electrons. The molecule has 12 heteroatoms. The standard InChI is InChI=1S/C16H16F3N3.C9H10N2.C7H6F3N/c1-10-7-11(2)9-12(8-10)21-15(20)22-14-6-4-3-5-13(14)16(17,18)19;1-7-3-8(2)5-9(4-7)11-6-10;8-7(9,10)5-3-1-2-4-6(5)11/h3-9H,1-2H3,(H3,20,21,22);3-5,11H,1-2H3;1-4H,11H2. The maximum absolute atomic E-state index is 12.9. The van der Waals surface area contributed by atoms with E-state index < -0.39 is 23.5 Å². The van der Waals surface area contributed by atoms with Crippen molar-refractivity contribution in [1.29, 1.82) is 5.26 Å². The van der Waals surface area contributed by atoms with Crippen molar-refractivity contribution in [2.45, 2.75) is 40.0 Å². The van der Waals surface area contributed by atoms with Crippen LogP contribution >= 0.6 is 0 Å². The number of nitriles is 1. The van der Waals surface area contributed by atoms with E-state index >= 15 is 0 Å². The molecule has 4 rings (SSSR count). The van der Waals surface area contributed by atoms with Crippen LogP contribution in [0, 0.1) is 39.1 Å². The van der Waals surface area contributed by atoms with E-state index in [2.05, 4.69) is 21.7 Å². The second-order valence-corrected chi connectivity index (χ2v) is 9.71. The van der Waals surface area contributed by atoms with E-state index in [4.69, 9.17) is 16.7 Å². The van der Waals surface area contributed by atoms with Gasteiger partial charge in [0.1, 0.15) is 0 Å². The fourth-order valence-corrected chi connectivity index (χ4v) is 4.03. The van der Waals surface area contributed by atoms with E-state index in [1.807, 2.05) is 64.2 Å². The SMILES string of the molecule is Cc1cc(C)cc(NC#N)c1.Cc1cc(C)cc(NC(N)=Nc2ccccc2C(F)(F)F)c1.Nc1ccccc1C(F)(F)F. The molecule has 0 fully saturated rings. The molecule has 0 amide bonds. The van der Waals surface area contributed by atoms with Gasteiger partial charge in [0, 0.05) is 17.1 Å². The van der Waals surface area contributed by atoms with E-state index in [0.29, 0.717) is 5.69 Å². The van der Waals surface area contributed by atoms with Crippen molar-refractivity contribution in [3.63, 3.8) is 0 Å². The van der Waals surface area contributed by atoms with E-state index in [1.54, 1.807) is 0 Å². The first-order valence-corrected chi connectivity index (χ1v) is 13.0. The minimum atomic E-state index is -4.47. The molecule has 6 N–H and O–H groups in total. The molecule has 0 unspecified atom stereocenters. The smallest absolute Gasteiger partial charge is 0.398 e. The number of halogens is 6. The molecule has 0 bridgehead atoms. The Labute approximate surface area is 252 Å². The van der Waals surface area contributed by atoms with Crippen LogP contribution in [0.25, 0.3) is 0 Å². The molecule has 0 aliphatic rings. The van der Waals surface area contributed by atoms with E-state index in [0.717, 1.165) is 28.9 Å². The first kappa shape index (κ1) is 35.0. The Morgan fingerprint density at radius 2 is 1.11 bits per heavy atom. The van der Waals surface area contributed by atoms with Gasteiger partial charge in [0.05, 0.1) is 16.8 Å². The second-order valence-electron chi connectivity index (χ2n) is 9.71. The Morgan fingerprint density at radius 1 is 0.682 bits per heavy atom. The molecule has 44 heavy (non-hydrogen) atoms. The lowest BCUT2D eigenvalue weighted by molar-refractivity contribution is -0.137. The molecule has 0 atom stereocenters. The van der Waals surface area contributed by atoms with Crippen LogP contribution in [0.15, 0.2) is 89.9 Å². The zero-order valence-corrected chi connectivity index (χ0v) is 24.4. The Morgan fingerprint density at radius 3 is 1.55 bits per heavy atom. The molecule has 0 saturated heterocycles. The number of nitrogens with zero attached hydrogens (tertiary/aromatic N) is 2. The van der Waals surface area contributed by atoms with Crippen molar-refractivity contribution < 1.29 is 26.3 Å². The topological polar surface area (TPSA) is 112 Å². The van der Waals surface area contributed by atoms with E-state index in [1.165, 1.54) is 47.5 Å². The van der Waals surface area contributed by atoms with Crippen LogP contribution in [0.3, 0.4) is 0 Å². The Hall–Kier alpha value is -5.18. The number of aryl methyl sites for hydroxylation is 4. The summed E-state index contributed by atoms with van der Waals surface area (Å²) < 4.78 is 74.6. The maximum atomic E-state index is 12.9. The Balaban J connectivity index is 0.000000257. The number of alkyl halides is 6. The predicted octanol–water partition coefficient (Wildman–Crippen LogP) is 8.86. The Bertz CT molecular complexity index is 1580. The maximum Gasteiger partial charge on any atom is 0.418 e. The van der Waals surface area contributed by atoms with Gasteiger partial charge in [-0.3, -0.25) is 5.32 Å². The fraction of sp³-hybridized carbons (Fsp3) is 0.188. The summed E-state index contributed by atoms with van der Waals surface area (Å²) in [6, 6.07) is 21.6. The highest BCUT2D eigenvalue weighted by molar-refractivity contribution is 5.94. The van der Waals surface area contributed by atoms with Gasteiger partial charge in [-0.1, -0.05) is 36.4 Å². The number of benzene rings is 4. The van der Waals surface area contributed by atoms with Crippen molar-refractivity contribution in [2.75, 3.05) is 16.4 Å². The van der Waals surface area contributed by atoms with E-state index in [-0.39, 0.29) is 17.3 Å². The van der Waals surface area contributed by atoms with Crippen LogP contribution in [0.1, 0.15) is 33.4 Å². The zero-order valence-electron chi connectivity index (χ0n) is 24.4. The van der Waals surface area contributed by atoms with Crippen LogP contribution in [-0.4, -0.2) is 5.96 Å². The molecule has 4 aromatic carbocycles. The molecule has 0 heterocycles. The summed E-state index contributed by atoms with van der Waals surface area (Å²) in [5.74, 6) is -0.0956. The number of aliphatic imine (C=N–C) groups is 1. The predicted molar refractivity (Wildman–Crippen MR) is 163 cm³/mol. The third kappa shape index (κ3) is 11.6. The van der Waals surface area contributed by atoms with Gasteiger partial charge in [-0.15, -0.1) is 0 Å². The third-order valence-corrected chi connectivity index (χ3v) is 5.63. The highest BCUT2D eigenvalue weighted by Gasteiger charge is 2.33. The average molecular weight is 615 g/mol. The number of nitrogens with two attached hydrogens (primary N) is 2. The van der Waals surface area contributed by atoms with Crippen molar-refractivity contribution in [1.82, 2.24) is 0 Å². The fourth-order valence-electron chi connectivity index (χ4n) is 4.03. The monoisotopic (exact) mass is 614 g/mol. The summed E-state index contributed by atoms with van der Waals surface area (Å²) in [6.45, 7) is 7.86. The van der Waals surface area contributed by atoms with Gasteiger partial charge >= 0.3 is 12.4 Å². The lowest BCUT2D eigenvalue weighted by Gasteiger charge is -2.11. The molecule has 0 aliphatic heterocycles. The van der Waals surface area contributed by atoms with Gasteiger partial charge in [0.2, 0.25) is 0 Å². The van der Waals surface area contributed by atoms with Crippen molar-refractivity contribution in [2.24, 2.45) is 10.7 Å². The summed E-state index contributed by atoms with van der Waals surface area (Å²) in [7, 11) is 0. The highest BCUT2D eigenvalue weighted by atomic mass is 19.4. The first-order valence-electron chi connectivity index (χ1n) is 13.0. The summed E-state index contributed by atoms with van der Waals surface area (Å²) >= 11 is 0. The molecule has 0 spiro atoms. The number of hydrogen-bond donors (Lipinski definition) is 4. The largest absolute Gasteiger partial charge is 0.418 e. The quantitative estimate of drug-likeness (QED) is 0.0460. The normalized spacial score (nSPS) is 11.2. The summed E-state index contributed by atoms with van der Waals surface area (Å²) in [5.41, 5.74) is 14.7. The number of para-hydroxylation sites is 2. The van der Waals surface area contributed by atoms with Crippen LogP contribution < -0.4 is 22.1 Å². The van der Waals surface area contributed by atoms with Crippen LogP contribution in [0.2, 0.25) is 0 Å². The molecule has 0 radical (unpaired) electrons. The molecule has 4 aromatic rings. The lowest BCUT2D eigenvalue weighted by Crippen LogP contribution is -2.22. The van der Waals surface area contributed by atoms with Crippen molar-refractivity contribution in [3.8, 4) is 6.19 Å². The van der Waals surface area contributed by atoms with Crippen LogP contribution in [0.5, 0.6) is 0 Å². The minimum Gasteiger partial charge on any atom is -0.398 e. The number of hydrogen-bond acceptors (Lipinski definition) is 4. The molecular weight excluding hydrogens is 582 g/mol. The second kappa shape index (κ2) is 15.3. The summed E-state index contributed by atoms with van der Waals surface area (Å²) in [5, 5.41) is 13.7. The average Bonchev–Trinajstić information content (AvgIpc) is 2.88. The molecule has 6 nitrogen and oxygen atoms in total. The number of nitrogen functional groups attached to an aromatic ring is 1. The van der Waals surface area contributed by atoms with E-state index in [9.17, 15) is 26.3 Å². The van der Waals surface area contributed by atoms with Gasteiger partial charge in [-0.2, -0.15) is 31.6 Å². The molecule has 0 aromatic heterocycles. The van der Waals surface area contributed by atoms with Crippen molar-refractivity contribution >= 4 is 28.7 Å². The third-order valence-electron chi connectivity index (χ3n) is 5.63. The van der Waals surface area contributed by atoms with Crippen LogP contribution in [-0.2, 0) is 12.4 Å². The number of guanidine groups is 1. The molecule has 0 aliphatic carbocycles. The van der Waals surface area contributed by atoms with Gasteiger partial charge in [0.15, 0.2) is 12.2 Å². The summed E-state index contributed by atoms with van der Waals surface area (Å²) in [4.78, 5) is 3.84.